The smallest absolute Gasteiger partial charge is 0.164 e. The van der Waals surface area contributed by atoms with E-state index in [2.05, 4.69) is 127 Å². The van der Waals surface area contributed by atoms with Crippen LogP contribution in [0.25, 0.3) is 109 Å². The Balaban J connectivity index is 1.01. The highest BCUT2D eigenvalue weighted by Crippen LogP contribution is 2.44. The van der Waals surface area contributed by atoms with Crippen LogP contribution in [0.5, 0.6) is 0 Å². The number of rotatable bonds is 5. The van der Waals surface area contributed by atoms with Crippen LogP contribution in [0.3, 0.4) is 0 Å². The van der Waals surface area contributed by atoms with E-state index in [-0.39, 0.29) is 0 Å². The Labute approximate surface area is 321 Å². The zero-order valence-electron chi connectivity index (χ0n) is 29.6. The molecule has 0 fully saturated rings. The average Bonchev–Trinajstić information content (AvgIpc) is 3.65. The highest BCUT2D eigenvalue weighted by molar-refractivity contribution is 7.26. The predicted molar refractivity (Wildman–Crippen MR) is 232 cm³/mol. The number of hydrogen-bond donors (Lipinski definition) is 0. The van der Waals surface area contributed by atoms with Crippen molar-refractivity contribution in [1.29, 1.82) is 0 Å². The summed E-state index contributed by atoms with van der Waals surface area (Å²) in [5.74, 6) is 1.96. The van der Waals surface area contributed by atoms with Crippen LogP contribution in [0.1, 0.15) is 0 Å². The number of thiophene rings is 1. The van der Waals surface area contributed by atoms with Gasteiger partial charge in [-0.05, 0) is 61.3 Å². The van der Waals surface area contributed by atoms with Gasteiger partial charge in [0.2, 0.25) is 0 Å². The maximum atomic E-state index is 4.94. The molecule has 3 nitrogen and oxygen atoms in total. The van der Waals surface area contributed by atoms with Gasteiger partial charge in [-0.2, -0.15) is 0 Å². The normalized spacial score (nSPS) is 11.6. The van der Waals surface area contributed by atoms with Crippen molar-refractivity contribution in [2.24, 2.45) is 0 Å². The highest BCUT2D eigenvalue weighted by Gasteiger charge is 2.16. The quantitative estimate of drug-likeness (QED) is 0.166. The molecule has 11 rings (SSSR count). The minimum Gasteiger partial charge on any atom is -0.208 e. The van der Waals surface area contributed by atoms with Crippen molar-refractivity contribution in [3.8, 4) is 56.4 Å². The Bertz CT molecular complexity index is 3180. The van der Waals surface area contributed by atoms with Gasteiger partial charge in [0.05, 0.1) is 0 Å². The third kappa shape index (κ3) is 5.38. The highest BCUT2D eigenvalue weighted by atomic mass is 32.1. The Kier molecular flexibility index (Phi) is 7.35. The van der Waals surface area contributed by atoms with E-state index in [4.69, 9.17) is 15.0 Å². The topological polar surface area (TPSA) is 38.7 Å². The third-order valence-corrected chi connectivity index (χ3v) is 11.9. The second kappa shape index (κ2) is 12.8. The van der Waals surface area contributed by atoms with E-state index in [9.17, 15) is 0 Å². The van der Waals surface area contributed by atoms with Crippen molar-refractivity contribution < 1.29 is 0 Å². The molecule has 55 heavy (non-hydrogen) atoms. The first-order valence-electron chi connectivity index (χ1n) is 18.5. The van der Waals surface area contributed by atoms with Crippen LogP contribution < -0.4 is 0 Å². The lowest BCUT2D eigenvalue weighted by atomic mass is 9.91. The summed E-state index contributed by atoms with van der Waals surface area (Å²) < 4.78 is 2.69. The van der Waals surface area contributed by atoms with Gasteiger partial charge in [0.1, 0.15) is 0 Å². The minimum atomic E-state index is 0.648. The summed E-state index contributed by atoms with van der Waals surface area (Å²) >= 11 is 1.90. The van der Waals surface area contributed by atoms with Crippen LogP contribution in [0, 0.1) is 0 Å². The van der Waals surface area contributed by atoms with Crippen molar-refractivity contribution >= 4 is 63.8 Å². The molecule has 2 heterocycles. The van der Waals surface area contributed by atoms with Crippen LogP contribution in [-0.2, 0) is 0 Å². The summed E-state index contributed by atoms with van der Waals surface area (Å²) in [6.45, 7) is 0. The molecule has 0 saturated heterocycles. The van der Waals surface area contributed by atoms with Gasteiger partial charge in [-0.1, -0.05) is 176 Å². The Hall–Kier alpha value is -7.01. The summed E-state index contributed by atoms with van der Waals surface area (Å²) in [5.41, 5.74) is 7.55. The molecule has 0 amide bonds. The molecule has 9 aromatic carbocycles. The molecule has 0 radical (unpaired) electrons. The fourth-order valence-corrected chi connectivity index (χ4v) is 9.30. The first-order valence-corrected chi connectivity index (χ1v) is 19.3. The molecule has 0 unspecified atom stereocenters. The van der Waals surface area contributed by atoms with Crippen LogP contribution in [0.2, 0.25) is 0 Å². The van der Waals surface area contributed by atoms with Crippen LogP contribution >= 0.6 is 11.3 Å². The fourth-order valence-electron chi connectivity index (χ4n) is 8.04. The largest absolute Gasteiger partial charge is 0.208 e. The third-order valence-electron chi connectivity index (χ3n) is 10.7. The second-order valence-corrected chi connectivity index (χ2v) is 15.0. The minimum absolute atomic E-state index is 0.648. The molecular formula is C51H31N3S. The van der Waals surface area contributed by atoms with Gasteiger partial charge in [0.15, 0.2) is 17.5 Å². The van der Waals surface area contributed by atoms with E-state index in [1.807, 2.05) is 72.0 Å². The summed E-state index contributed by atoms with van der Waals surface area (Å²) in [6, 6.07) is 66.9. The zero-order valence-corrected chi connectivity index (χ0v) is 30.5. The molecule has 0 saturated carbocycles. The van der Waals surface area contributed by atoms with E-state index in [0.717, 1.165) is 22.3 Å². The standard InChI is InChI=1S/C51H31N3S/c1-3-11-35(12-4-1)49-52-50(36-13-5-2-6-14-36)54-51(53-49)37-24-19-32(20-25-37)40-15-7-8-16-41(40)38-28-29-42-39(31-38)26-23-33-21-22-34-27-30-44-43-17-9-10-18-45(43)55-48(44)47(34)46(33)42/h1-31H. The van der Waals surface area contributed by atoms with Gasteiger partial charge in [-0.3, -0.25) is 0 Å². The van der Waals surface area contributed by atoms with Crippen molar-refractivity contribution in [1.82, 2.24) is 15.0 Å². The van der Waals surface area contributed by atoms with Gasteiger partial charge >= 0.3 is 0 Å². The molecule has 0 aliphatic rings. The van der Waals surface area contributed by atoms with Gasteiger partial charge in [-0.25, -0.2) is 15.0 Å². The SMILES string of the molecule is c1ccc(-c2nc(-c3ccccc3)nc(-c3ccc(-c4ccccc4-c4ccc5c(ccc6ccc7ccc8c9ccccc9sc8c7c65)c4)cc3)n2)cc1. The maximum absolute atomic E-state index is 4.94. The number of nitrogens with zero attached hydrogens (tertiary/aromatic N) is 3. The Morgan fingerprint density at radius 2 is 0.782 bits per heavy atom. The lowest BCUT2D eigenvalue weighted by Gasteiger charge is -2.14. The molecule has 0 bridgehead atoms. The van der Waals surface area contributed by atoms with E-state index in [0.29, 0.717) is 17.5 Å². The average molecular weight is 718 g/mol. The van der Waals surface area contributed by atoms with Gasteiger partial charge < -0.3 is 0 Å². The van der Waals surface area contributed by atoms with Crippen molar-refractivity contribution in [3.05, 3.63) is 188 Å². The number of hydrogen-bond acceptors (Lipinski definition) is 4. The van der Waals surface area contributed by atoms with E-state index >= 15 is 0 Å². The lowest BCUT2D eigenvalue weighted by Crippen LogP contribution is -2.00. The molecule has 0 N–H and O–H groups in total. The Morgan fingerprint density at radius 3 is 1.45 bits per heavy atom. The van der Waals surface area contributed by atoms with Crippen molar-refractivity contribution in [2.75, 3.05) is 0 Å². The first kappa shape index (κ1) is 31.5. The number of fused-ring (bicyclic) bond motifs is 9. The van der Waals surface area contributed by atoms with E-state index < -0.39 is 0 Å². The fraction of sp³-hybridized carbons (Fsp3) is 0. The van der Waals surface area contributed by atoms with Gasteiger partial charge in [-0.15, -0.1) is 11.3 Å². The molecule has 0 atom stereocenters. The molecule has 256 valence electrons. The lowest BCUT2D eigenvalue weighted by molar-refractivity contribution is 1.07. The summed E-state index contributed by atoms with van der Waals surface area (Å²) in [4.78, 5) is 14.7. The molecule has 11 aromatic rings. The summed E-state index contributed by atoms with van der Waals surface area (Å²) in [7, 11) is 0. The molecule has 0 aliphatic carbocycles. The number of aromatic nitrogens is 3. The molecule has 0 spiro atoms. The maximum Gasteiger partial charge on any atom is 0.164 e. The van der Waals surface area contributed by atoms with Crippen molar-refractivity contribution in [3.63, 3.8) is 0 Å². The monoisotopic (exact) mass is 717 g/mol. The second-order valence-electron chi connectivity index (χ2n) is 14.0. The molecule has 0 aliphatic heterocycles. The van der Waals surface area contributed by atoms with Crippen LogP contribution in [0.4, 0.5) is 0 Å². The first-order chi connectivity index (χ1) is 27.2. The van der Waals surface area contributed by atoms with Crippen molar-refractivity contribution in [2.45, 2.75) is 0 Å². The van der Waals surface area contributed by atoms with E-state index in [1.165, 1.54) is 69.2 Å². The van der Waals surface area contributed by atoms with Gasteiger partial charge in [0, 0.05) is 42.2 Å². The van der Waals surface area contributed by atoms with Gasteiger partial charge in [0.25, 0.3) is 0 Å². The molecular weight excluding hydrogens is 687 g/mol. The molecule has 4 heteroatoms. The predicted octanol–water partition coefficient (Wildman–Crippen LogP) is 14.0. The summed E-state index contributed by atoms with van der Waals surface area (Å²) in [6.07, 6.45) is 0. The number of benzene rings is 9. The molecule has 2 aromatic heterocycles. The van der Waals surface area contributed by atoms with E-state index in [1.54, 1.807) is 0 Å². The summed E-state index contributed by atoms with van der Waals surface area (Å²) in [5, 5.41) is 10.4. The van der Waals surface area contributed by atoms with Crippen LogP contribution in [0.15, 0.2) is 188 Å². The van der Waals surface area contributed by atoms with Crippen LogP contribution in [-0.4, -0.2) is 15.0 Å². The zero-order chi connectivity index (χ0) is 36.3. The Morgan fingerprint density at radius 1 is 0.309 bits per heavy atom.